The van der Waals surface area contributed by atoms with Crippen LogP contribution in [0.25, 0.3) is 0 Å². The van der Waals surface area contributed by atoms with E-state index in [4.69, 9.17) is 35.3 Å². The molecular weight excluding hydrogens is 572 g/mol. The molecule has 1 N–H and O–H groups in total. The van der Waals surface area contributed by atoms with Gasteiger partial charge in [0.05, 0.1) is 26.1 Å². The molecule has 2 aromatic carbocycles. The average Bonchev–Trinajstić information content (AvgIpc) is 3.21. The van der Waals surface area contributed by atoms with Crippen molar-refractivity contribution in [3.63, 3.8) is 0 Å². The number of rotatable bonds is 12. The lowest BCUT2D eigenvalue weighted by Crippen LogP contribution is -2.53. The summed E-state index contributed by atoms with van der Waals surface area (Å²) in [6.07, 6.45) is -0.927. The number of esters is 1. The third kappa shape index (κ3) is 7.97. The molecular formula is C28H32N2O9S2. The standard InChI is InChI=1S/C28H32N2O9S2/c1-19-14-30(27(40)29-25(19)32)26-23(38-20(2)31)24(36-16-22-12-8-5-9-13-22)28(39-26,18-37-41(3,33)34)17-35-15-21-10-6-4-7-11-21/h4-14,23-24,26H,15-18H2,1-3H3,(H,29,32,40)/t23-,24+,26-,28+/m1/s1. The van der Waals surface area contributed by atoms with E-state index in [1.807, 2.05) is 60.7 Å². The second kappa shape index (κ2) is 13.2. The van der Waals surface area contributed by atoms with Gasteiger partial charge < -0.3 is 18.9 Å². The van der Waals surface area contributed by atoms with Crippen molar-refractivity contribution in [1.29, 1.82) is 0 Å². The van der Waals surface area contributed by atoms with Crippen molar-refractivity contribution < 1.29 is 36.3 Å². The minimum Gasteiger partial charge on any atom is -0.455 e. The number of aromatic nitrogens is 2. The monoisotopic (exact) mass is 604 g/mol. The van der Waals surface area contributed by atoms with Crippen molar-refractivity contribution >= 4 is 28.3 Å². The van der Waals surface area contributed by atoms with Crippen LogP contribution in [0.3, 0.4) is 0 Å². The fourth-order valence-corrected chi connectivity index (χ4v) is 5.19. The minimum atomic E-state index is -3.93. The Morgan fingerprint density at radius 3 is 2.24 bits per heavy atom. The smallest absolute Gasteiger partial charge is 0.303 e. The van der Waals surface area contributed by atoms with Crippen LogP contribution in [0.5, 0.6) is 0 Å². The first-order chi connectivity index (χ1) is 19.5. The molecule has 3 aromatic rings. The zero-order valence-corrected chi connectivity index (χ0v) is 24.5. The molecule has 13 heteroatoms. The first-order valence-corrected chi connectivity index (χ1v) is 15.0. The highest BCUT2D eigenvalue weighted by Crippen LogP contribution is 2.42. The predicted octanol–water partition coefficient (Wildman–Crippen LogP) is 3.19. The van der Waals surface area contributed by atoms with Crippen LogP contribution in [0.2, 0.25) is 0 Å². The van der Waals surface area contributed by atoms with Gasteiger partial charge in [-0.2, -0.15) is 8.42 Å². The van der Waals surface area contributed by atoms with Crippen LogP contribution >= 0.6 is 12.2 Å². The van der Waals surface area contributed by atoms with Crippen LogP contribution in [0.15, 0.2) is 71.7 Å². The molecule has 4 atom stereocenters. The van der Waals surface area contributed by atoms with Crippen molar-refractivity contribution in [2.75, 3.05) is 19.5 Å². The van der Waals surface area contributed by atoms with Gasteiger partial charge in [0.15, 0.2) is 17.1 Å². The molecule has 0 unspecified atom stereocenters. The van der Waals surface area contributed by atoms with E-state index in [0.29, 0.717) is 5.56 Å². The van der Waals surface area contributed by atoms with Crippen LogP contribution in [0, 0.1) is 11.7 Å². The zero-order chi connectivity index (χ0) is 29.6. The lowest BCUT2D eigenvalue weighted by molar-refractivity contribution is -0.171. The average molecular weight is 605 g/mol. The molecule has 11 nitrogen and oxygen atoms in total. The highest BCUT2D eigenvalue weighted by molar-refractivity contribution is 7.86. The van der Waals surface area contributed by atoms with E-state index in [1.54, 1.807) is 6.92 Å². The highest BCUT2D eigenvalue weighted by atomic mass is 32.2. The Balaban J connectivity index is 1.79. The molecule has 0 amide bonds. The van der Waals surface area contributed by atoms with Crippen LogP contribution in [-0.2, 0) is 51.3 Å². The summed E-state index contributed by atoms with van der Waals surface area (Å²) >= 11 is 5.42. The number of aryl methyl sites for hydroxylation is 1. The Labute approximate surface area is 243 Å². The van der Waals surface area contributed by atoms with E-state index in [1.165, 1.54) is 17.7 Å². The van der Waals surface area contributed by atoms with Crippen molar-refractivity contribution in [2.45, 2.75) is 51.1 Å². The fraction of sp³-hybridized carbons (Fsp3) is 0.393. The number of benzene rings is 2. The van der Waals surface area contributed by atoms with Gasteiger partial charge >= 0.3 is 5.97 Å². The molecule has 1 fully saturated rings. The molecule has 0 saturated carbocycles. The number of aromatic amines is 1. The van der Waals surface area contributed by atoms with Crippen molar-refractivity contribution in [3.05, 3.63) is 98.7 Å². The van der Waals surface area contributed by atoms with E-state index in [9.17, 15) is 18.0 Å². The molecule has 41 heavy (non-hydrogen) atoms. The van der Waals surface area contributed by atoms with Crippen LogP contribution in [-0.4, -0.2) is 61.2 Å². The molecule has 1 aliphatic rings. The van der Waals surface area contributed by atoms with E-state index < -0.39 is 46.7 Å². The second-order valence-corrected chi connectivity index (χ2v) is 11.8. The molecule has 1 aromatic heterocycles. The molecule has 4 rings (SSSR count). The number of carbonyl (C=O) groups excluding carboxylic acids is 1. The summed E-state index contributed by atoms with van der Waals surface area (Å²) < 4.78 is 55.7. The van der Waals surface area contributed by atoms with Crippen molar-refractivity contribution in [2.24, 2.45) is 0 Å². The number of hydrogen-bond donors (Lipinski definition) is 1. The Kier molecular flexibility index (Phi) is 9.89. The lowest BCUT2D eigenvalue weighted by Gasteiger charge is -2.34. The van der Waals surface area contributed by atoms with Gasteiger partial charge in [0.1, 0.15) is 18.3 Å². The molecule has 2 heterocycles. The SMILES string of the molecule is CC(=O)O[C@H]1[C@H](n2cc(C)c(=O)[nH]c2=S)O[C@@](COCc2ccccc2)(COS(C)(=O)=O)[C@H]1OCc1ccccc1. The van der Waals surface area contributed by atoms with Crippen molar-refractivity contribution in [3.8, 4) is 0 Å². The topological polar surface area (TPSA) is 135 Å². The Hall–Kier alpha value is -3.20. The number of H-pyrrole nitrogens is 1. The van der Waals surface area contributed by atoms with Gasteiger partial charge in [-0.3, -0.25) is 23.3 Å². The second-order valence-electron chi connectivity index (χ2n) is 9.79. The molecule has 0 radical (unpaired) electrons. The quantitative estimate of drug-likeness (QED) is 0.187. The van der Waals surface area contributed by atoms with E-state index >= 15 is 0 Å². The summed E-state index contributed by atoms with van der Waals surface area (Å²) in [5, 5.41) is 0. The maximum absolute atomic E-state index is 12.3. The van der Waals surface area contributed by atoms with Crippen molar-refractivity contribution in [1.82, 2.24) is 9.55 Å². The number of carbonyl (C=O) groups is 1. The van der Waals surface area contributed by atoms with Gasteiger partial charge in [0, 0.05) is 18.7 Å². The Morgan fingerprint density at radius 1 is 1.05 bits per heavy atom. The molecule has 1 aliphatic heterocycles. The summed E-state index contributed by atoms with van der Waals surface area (Å²) in [4.78, 5) is 27.1. The summed E-state index contributed by atoms with van der Waals surface area (Å²) in [7, 11) is -3.93. The van der Waals surface area contributed by atoms with Crippen LogP contribution < -0.4 is 5.56 Å². The summed E-state index contributed by atoms with van der Waals surface area (Å²) in [5.74, 6) is -0.630. The Morgan fingerprint density at radius 2 is 1.66 bits per heavy atom. The fourth-order valence-electron chi connectivity index (χ4n) is 4.53. The maximum Gasteiger partial charge on any atom is 0.303 e. The number of hydrogen-bond acceptors (Lipinski definition) is 10. The van der Waals surface area contributed by atoms with Gasteiger partial charge in [-0.05, 0) is 30.3 Å². The van der Waals surface area contributed by atoms with Gasteiger partial charge in [-0.15, -0.1) is 0 Å². The van der Waals surface area contributed by atoms with Crippen LogP contribution in [0.1, 0.15) is 29.8 Å². The lowest BCUT2D eigenvalue weighted by atomic mass is 9.96. The molecule has 0 spiro atoms. The maximum atomic E-state index is 12.3. The van der Waals surface area contributed by atoms with Gasteiger partial charge in [0.2, 0.25) is 0 Å². The number of ether oxygens (including phenoxy) is 4. The third-order valence-electron chi connectivity index (χ3n) is 6.42. The molecule has 0 aliphatic carbocycles. The first kappa shape index (κ1) is 30.8. The summed E-state index contributed by atoms with van der Waals surface area (Å²) in [6, 6.07) is 18.6. The molecule has 1 saturated heterocycles. The zero-order valence-electron chi connectivity index (χ0n) is 22.8. The van der Waals surface area contributed by atoms with Gasteiger partial charge in [-0.25, -0.2) is 0 Å². The number of nitrogens with one attached hydrogen (secondary N) is 1. The van der Waals surface area contributed by atoms with E-state index in [-0.39, 0.29) is 30.2 Å². The normalized spacial score (nSPS) is 22.5. The predicted molar refractivity (Wildman–Crippen MR) is 151 cm³/mol. The summed E-state index contributed by atoms with van der Waals surface area (Å²) in [6.45, 7) is 2.38. The van der Waals surface area contributed by atoms with Crippen LogP contribution in [0.4, 0.5) is 0 Å². The minimum absolute atomic E-state index is 0.00889. The number of nitrogens with zero attached hydrogens (tertiary/aromatic N) is 1. The van der Waals surface area contributed by atoms with Gasteiger partial charge in [-0.1, -0.05) is 60.7 Å². The van der Waals surface area contributed by atoms with E-state index in [0.717, 1.165) is 17.4 Å². The largest absolute Gasteiger partial charge is 0.455 e. The van der Waals surface area contributed by atoms with E-state index in [2.05, 4.69) is 4.98 Å². The summed E-state index contributed by atoms with van der Waals surface area (Å²) in [5.41, 5.74) is 0.0462. The highest BCUT2D eigenvalue weighted by Gasteiger charge is 2.59. The molecule has 220 valence electrons. The third-order valence-corrected chi connectivity index (χ3v) is 7.28. The first-order valence-electron chi connectivity index (χ1n) is 12.8. The van der Waals surface area contributed by atoms with Gasteiger partial charge in [0.25, 0.3) is 15.7 Å². The molecule has 0 bridgehead atoms. The Bertz CT molecular complexity index is 1560.